The predicted molar refractivity (Wildman–Crippen MR) is 141 cm³/mol. The van der Waals surface area contributed by atoms with Gasteiger partial charge in [0.2, 0.25) is 23.6 Å². The maximum atomic E-state index is 12.5. The molecule has 6 amide bonds. The summed E-state index contributed by atoms with van der Waals surface area (Å²) in [7, 11) is 0. The molecule has 0 radical (unpaired) electrons. The molecule has 0 unspecified atom stereocenters. The number of nitrogens with one attached hydrogen (secondary N) is 4. The van der Waals surface area contributed by atoms with Gasteiger partial charge >= 0.3 is 6.03 Å². The Hall–Kier alpha value is -2.30. The van der Waals surface area contributed by atoms with Gasteiger partial charge in [0.15, 0.2) is 0 Å². The first-order chi connectivity index (χ1) is 17.9. The third kappa shape index (κ3) is 7.85. The molecule has 206 valence electrons. The first-order valence-corrected chi connectivity index (χ1v) is 15.0. The van der Waals surface area contributed by atoms with Gasteiger partial charge in [-0.2, -0.15) is 11.8 Å². The standard InChI is InChI=1S/C26H41N5O5S/c32-21(6-2-1-5-20-24-19(16-37-20)29-26(36)30-24)27-13-3-4-14-28-25(35)18-9-7-17(8-10-18)15-31-22(33)11-12-23(31)34/h17-20,24H,1-16H2,(H,27,32)(H,28,35)(H2,29,30,36)/t17?,18?,19-,20-,24-/m0/s1. The Labute approximate surface area is 223 Å². The van der Waals surface area contributed by atoms with Crippen molar-refractivity contribution in [1.82, 2.24) is 26.2 Å². The molecule has 0 bridgehead atoms. The van der Waals surface area contributed by atoms with E-state index in [2.05, 4.69) is 21.3 Å². The maximum Gasteiger partial charge on any atom is 0.315 e. The van der Waals surface area contributed by atoms with E-state index < -0.39 is 0 Å². The lowest BCUT2D eigenvalue weighted by molar-refractivity contribution is -0.139. The normalized spacial score (nSPS) is 29.1. The van der Waals surface area contributed by atoms with Gasteiger partial charge in [0, 0.05) is 55.8 Å². The molecule has 1 aliphatic carbocycles. The number of nitrogens with zero attached hydrogens (tertiary/aromatic N) is 1. The molecule has 0 aromatic heterocycles. The molecular formula is C26H41N5O5S. The number of imide groups is 1. The van der Waals surface area contributed by atoms with Crippen LogP contribution in [0.1, 0.15) is 77.0 Å². The summed E-state index contributed by atoms with van der Waals surface area (Å²) < 4.78 is 0. The zero-order valence-corrected chi connectivity index (χ0v) is 22.4. The fourth-order valence-electron chi connectivity index (χ4n) is 5.89. The van der Waals surface area contributed by atoms with Crippen molar-refractivity contribution in [3.63, 3.8) is 0 Å². The Morgan fingerprint density at radius 3 is 2.32 bits per heavy atom. The topological polar surface area (TPSA) is 137 Å². The van der Waals surface area contributed by atoms with Gasteiger partial charge in [-0.25, -0.2) is 4.79 Å². The smallest absolute Gasteiger partial charge is 0.315 e. The number of thioether (sulfide) groups is 1. The zero-order valence-electron chi connectivity index (χ0n) is 21.6. The van der Waals surface area contributed by atoms with E-state index in [9.17, 15) is 24.0 Å². The molecule has 3 atom stereocenters. The second kappa shape index (κ2) is 13.5. The van der Waals surface area contributed by atoms with Crippen LogP contribution in [0.4, 0.5) is 4.79 Å². The Kier molecular flexibility index (Phi) is 10.1. The summed E-state index contributed by atoms with van der Waals surface area (Å²) >= 11 is 1.90. The van der Waals surface area contributed by atoms with Gasteiger partial charge in [0.05, 0.1) is 12.1 Å². The van der Waals surface area contributed by atoms with Gasteiger partial charge in [0.25, 0.3) is 0 Å². The lowest BCUT2D eigenvalue weighted by Gasteiger charge is -2.30. The predicted octanol–water partition coefficient (Wildman–Crippen LogP) is 1.68. The highest BCUT2D eigenvalue weighted by molar-refractivity contribution is 8.00. The minimum Gasteiger partial charge on any atom is -0.356 e. The van der Waals surface area contributed by atoms with Crippen molar-refractivity contribution in [2.24, 2.45) is 11.8 Å². The molecule has 37 heavy (non-hydrogen) atoms. The van der Waals surface area contributed by atoms with Gasteiger partial charge in [-0.05, 0) is 57.3 Å². The number of amides is 6. The highest BCUT2D eigenvalue weighted by atomic mass is 32.2. The van der Waals surface area contributed by atoms with E-state index >= 15 is 0 Å². The quantitative estimate of drug-likeness (QED) is 0.161. The summed E-state index contributed by atoms with van der Waals surface area (Å²) in [6.07, 6.45) is 9.03. The second-order valence-corrected chi connectivity index (χ2v) is 12.1. The van der Waals surface area contributed by atoms with E-state index in [0.717, 1.165) is 63.5 Å². The first-order valence-electron chi connectivity index (χ1n) is 14.0. The first kappa shape index (κ1) is 27.7. The molecule has 11 heteroatoms. The Bertz CT molecular complexity index is 846. The monoisotopic (exact) mass is 535 g/mol. The third-order valence-corrected chi connectivity index (χ3v) is 9.63. The van der Waals surface area contributed by atoms with E-state index in [-0.39, 0.29) is 47.7 Å². The molecule has 0 aromatic rings. The van der Waals surface area contributed by atoms with Crippen molar-refractivity contribution in [2.45, 2.75) is 94.4 Å². The number of likely N-dealkylation sites (tertiary alicyclic amines) is 1. The molecule has 3 saturated heterocycles. The summed E-state index contributed by atoms with van der Waals surface area (Å²) in [6, 6.07) is 0.408. The average Bonchev–Trinajstić information content (AvgIpc) is 3.54. The molecular weight excluding hydrogens is 494 g/mol. The van der Waals surface area contributed by atoms with Crippen molar-refractivity contribution in [3.05, 3.63) is 0 Å². The lowest BCUT2D eigenvalue weighted by atomic mass is 9.81. The molecule has 10 nitrogen and oxygen atoms in total. The summed E-state index contributed by atoms with van der Waals surface area (Å²) in [6.45, 7) is 1.74. The van der Waals surface area contributed by atoms with Crippen LogP contribution in [0.15, 0.2) is 0 Å². The summed E-state index contributed by atoms with van der Waals surface area (Å²) in [5, 5.41) is 12.4. The fraction of sp³-hybridized carbons (Fsp3) is 0.808. The van der Waals surface area contributed by atoms with E-state index in [1.165, 1.54) is 4.90 Å². The van der Waals surface area contributed by atoms with Crippen LogP contribution in [-0.4, -0.2) is 77.3 Å². The molecule has 0 aromatic carbocycles. The van der Waals surface area contributed by atoms with Crippen molar-refractivity contribution >= 4 is 41.4 Å². The number of urea groups is 1. The Morgan fingerprint density at radius 1 is 0.892 bits per heavy atom. The van der Waals surface area contributed by atoms with Gasteiger partial charge in [-0.1, -0.05) is 6.42 Å². The van der Waals surface area contributed by atoms with Crippen LogP contribution in [0, 0.1) is 11.8 Å². The van der Waals surface area contributed by atoms with Crippen LogP contribution < -0.4 is 21.3 Å². The van der Waals surface area contributed by atoms with Crippen LogP contribution in [0.2, 0.25) is 0 Å². The van der Waals surface area contributed by atoms with E-state index in [1.807, 2.05) is 11.8 Å². The number of carbonyl (C=O) groups excluding carboxylic acids is 5. The molecule has 0 spiro atoms. The van der Waals surface area contributed by atoms with Crippen LogP contribution >= 0.6 is 11.8 Å². The summed E-state index contributed by atoms with van der Waals surface area (Å²) in [5.74, 6) is 1.33. The molecule has 4 aliphatic rings. The highest BCUT2D eigenvalue weighted by Gasteiger charge is 2.42. The number of fused-ring (bicyclic) bond motifs is 1. The van der Waals surface area contributed by atoms with Gasteiger partial charge in [0.1, 0.15) is 0 Å². The second-order valence-electron chi connectivity index (χ2n) is 10.8. The number of rotatable bonds is 13. The minimum absolute atomic E-state index is 0.00986. The van der Waals surface area contributed by atoms with E-state index in [0.29, 0.717) is 50.1 Å². The molecule has 4 fully saturated rings. The van der Waals surface area contributed by atoms with Crippen molar-refractivity contribution in [2.75, 3.05) is 25.4 Å². The van der Waals surface area contributed by atoms with Crippen molar-refractivity contribution in [1.29, 1.82) is 0 Å². The number of carbonyl (C=O) groups is 5. The Balaban J connectivity index is 0.969. The number of unbranched alkanes of at least 4 members (excludes halogenated alkanes) is 2. The largest absolute Gasteiger partial charge is 0.356 e. The van der Waals surface area contributed by atoms with Crippen molar-refractivity contribution in [3.8, 4) is 0 Å². The van der Waals surface area contributed by atoms with E-state index in [1.54, 1.807) is 0 Å². The van der Waals surface area contributed by atoms with Gasteiger partial charge in [-0.15, -0.1) is 0 Å². The summed E-state index contributed by atoms with van der Waals surface area (Å²) in [5.41, 5.74) is 0. The third-order valence-electron chi connectivity index (χ3n) is 8.12. The highest BCUT2D eigenvalue weighted by Crippen LogP contribution is 2.33. The maximum absolute atomic E-state index is 12.5. The average molecular weight is 536 g/mol. The lowest BCUT2D eigenvalue weighted by Crippen LogP contribution is -2.38. The number of hydrogen-bond donors (Lipinski definition) is 4. The molecule has 3 aliphatic heterocycles. The van der Waals surface area contributed by atoms with Crippen molar-refractivity contribution < 1.29 is 24.0 Å². The van der Waals surface area contributed by atoms with Gasteiger partial charge in [-0.3, -0.25) is 24.1 Å². The summed E-state index contributed by atoms with van der Waals surface area (Å²) in [4.78, 5) is 61.0. The molecule has 4 rings (SSSR count). The van der Waals surface area contributed by atoms with Crippen LogP contribution in [-0.2, 0) is 19.2 Å². The molecule has 4 N–H and O–H groups in total. The van der Waals surface area contributed by atoms with Crippen LogP contribution in [0.25, 0.3) is 0 Å². The van der Waals surface area contributed by atoms with Crippen LogP contribution in [0.5, 0.6) is 0 Å². The molecule has 3 heterocycles. The fourth-order valence-corrected chi connectivity index (χ4v) is 7.43. The SMILES string of the molecule is O=C(CCCC[C@@H]1SC[C@@H]2NC(=O)N[C@@H]21)NCCCCNC(=O)C1CCC(CN2C(=O)CCC2=O)CC1. The Morgan fingerprint density at radius 2 is 1.59 bits per heavy atom. The van der Waals surface area contributed by atoms with Gasteiger partial charge < -0.3 is 21.3 Å². The van der Waals surface area contributed by atoms with Crippen LogP contribution in [0.3, 0.4) is 0 Å². The minimum atomic E-state index is -0.0611. The van der Waals surface area contributed by atoms with E-state index in [4.69, 9.17) is 0 Å². The molecule has 1 saturated carbocycles. The number of hydrogen-bond acceptors (Lipinski definition) is 6. The zero-order chi connectivity index (χ0) is 26.2.